The van der Waals surface area contributed by atoms with Crippen LogP contribution in [0.3, 0.4) is 0 Å². The molecular weight excluding hydrogens is 404 g/mol. The van der Waals surface area contributed by atoms with E-state index in [9.17, 15) is 4.79 Å². The molecule has 9 heteroatoms. The summed E-state index contributed by atoms with van der Waals surface area (Å²) < 4.78 is 2.11. The Labute approximate surface area is 176 Å². The SMILES string of the molecule is CC(=O)Nc1nc(CSc2nnc(-c3ccncc3)n2Cc2ccccc2)cs1. The van der Waals surface area contributed by atoms with Crippen molar-refractivity contribution in [2.45, 2.75) is 24.4 Å². The van der Waals surface area contributed by atoms with Crippen molar-refractivity contribution < 1.29 is 4.79 Å². The summed E-state index contributed by atoms with van der Waals surface area (Å²) in [6.45, 7) is 2.14. The van der Waals surface area contributed by atoms with E-state index in [1.54, 1.807) is 24.2 Å². The number of hydrogen-bond donors (Lipinski definition) is 1. The van der Waals surface area contributed by atoms with Gasteiger partial charge in [-0.05, 0) is 17.7 Å². The van der Waals surface area contributed by atoms with E-state index in [1.807, 2.05) is 35.7 Å². The Bertz CT molecular complexity index is 1090. The molecule has 0 saturated carbocycles. The maximum atomic E-state index is 11.2. The standard InChI is InChI=1S/C20H18N6OS2/c1-14(27)22-19-23-17(12-28-19)13-29-20-25-24-18(16-7-9-21-10-8-16)26(20)11-15-5-3-2-4-6-15/h2-10,12H,11,13H2,1H3,(H,22,23,27). The number of pyridine rings is 1. The minimum absolute atomic E-state index is 0.122. The minimum atomic E-state index is -0.122. The van der Waals surface area contributed by atoms with Crippen molar-refractivity contribution in [3.63, 3.8) is 0 Å². The highest BCUT2D eigenvalue weighted by molar-refractivity contribution is 7.98. The summed E-state index contributed by atoms with van der Waals surface area (Å²) in [4.78, 5) is 19.7. The van der Waals surface area contributed by atoms with E-state index in [-0.39, 0.29) is 5.91 Å². The van der Waals surface area contributed by atoms with Crippen LogP contribution < -0.4 is 5.32 Å². The number of thioether (sulfide) groups is 1. The molecule has 7 nitrogen and oxygen atoms in total. The fourth-order valence-electron chi connectivity index (χ4n) is 2.74. The zero-order chi connectivity index (χ0) is 20.1. The predicted molar refractivity (Wildman–Crippen MR) is 115 cm³/mol. The van der Waals surface area contributed by atoms with Crippen molar-refractivity contribution in [3.05, 3.63) is 71.5 Å². The lowest BCUT2D eigenvalue weighted by atomic mass is 10.2. The Morgan fingerprint density at radius 3 is 2.69 bits per heavy atom. The molecule has 3 aromatic heterocycles. The zero-order valence-corrected chi connectivity index (χ0v) is 17.3. The first-order chi connectivity index (χ1) is 14.2. The molecule has 0 aliphatic heterocycles. The smallest absolute Gasteiger partial charge is 0.223 e. The monoisotopic (exact) mass is 422 g/mol. The van der Waals surface area contributed by atoms with Crippen molar-refractivity contribution in [1.82, 2.24) is 24.7 Å². The summed E-state index contributed by atoms with van der Waals surface area (Å²) in [6, 6.07) is 14.1. The van der Waals surface area contributed by atoms with Crippen LogP contribution in [0.4, 0.5) is 5.13 Å². The van der Waals surface area contributed by atoms with E-state index in [4.69, 9.17) is 0 Å². The van der Waals surface area contributed by atoms with Gasteiger partial charge in [0, 0.05) is 36.0 Å². The van der Waals surface area contributed by atoms with Gasteiger partial charge in [-0.25, -0.2) is 4.98 Å². The molecule has 0 fully saturated rings. The van der Waals surface area contributed by atoms with Crippen LogP contribution in [0.15, 0.2) is 65.4 Å². The van der Waals surface area contributed by atoms with Crippen molar-refractivity contribution in [2.75, 3.05) is 5.32 Å². The van der Waals surface area contributed by atoms with Gasteiger partial charge in [-0.2, -0.15) is 0 Å². The fraction of sp³-hybridized carbons (Fsp3) is 0.150. The quantitative estimate of drug-likeness (QED) is 0.452. The second-order valence-corrected chi connectivity index (χ2v) is 8.03. The second-order valence-electron chi connectivity index (χ2n) is 6.23. The molecule has 29 heavy (non-hydrogen) atoms. The van der Waals surface area contributed by atoms with Gasteiger partial charge in [0.1, 0.15) is 0 Å². The largest absolute Gasteiger partial charge is 0.302 e. The van der Waals surface area contributed by atoms with Gasteiger partial charge in [-0.1, -0.05) is 42.1 Å². The predicted octanol–water partition coefficient (Wildman–Crippen LogP) is 4.10. The van der Waals surface area contributed by atoms with E-state index in [0.29, 0.717) is 17.4 Å². The van der Waals surface area contributed by atoms with Crippen LogP contribution in [0.1, 0.15) is 18.2 Å². The topological polar surface area (TPSA) is 85.6 Å². The number of anilines is 1. The van der Waals surface area contributed by atoms with Gasteiger partial charge < -0.3 is 5.32 Å². The molecule has 0 bridgehead atoms. The number of thiazole rings is 1. The highest BCUT2D eigenvalue weighted by Gasteiger charge is 2.15. The van der Waals surface area contributed by atoms with Crippen LogP contribution >= 0.6 is 23.1 Å². The molecule has 1 amide bonds. The maximum Gasteiger partial charge on any atom is 0.223 e. The van der Waals surface area contributed by atoms with Gasteiger partial charge in [0.2, 0.25) is 5.91 Å². The number of carbonyl (C=O) groups excluding carboxylic acids is 1. The molecule has 0 aliphatic carbocycles. The lowest BCUT2D eigenvalue weighted by Gasteiger charge is -2.10. The van der Waals surface area contributed by atoms with Crippen LogP contribution in [0.2, 0.25) is 0 Å². The van der Waals surface area contributed by atoms with Crippen molar-refractivity contribution in [3.8, 4) is 11.4 Å². The van der Waals surface area contributed by atoms with E-state index >= 15 is 0 Å². The number of nitrogens with zero attached hydrogens (tertiary/aromatic N) is 5. The number of carbonyl (C=O) groups is 1. The molecule has 0 radical (unpaired) electrons. The summed E-state index contributed by atoms with van der Waals surface area (Å²) >= 11 is 2.99. The molecule has 1 aromatic carbocycles. The number of rotatable bonds is 7. The molecule has 4 rings (SSSR count). The molecule has 4 aromatic rings. The Balaban J connectivity index is 1.58. The summed E-state index contributed by atoms with van der Waals surface area (Å²) in [5, 5.41) is 14.9. The minimum Gasteiger partial charge on any atom is -0.302 e. The van der Waals surface area contributed by atoms with Crippen LogP contribution in [0, 0.1) is 0 Å². The number of aromatic nitrogens is 5. The molecule has 3 heterocycles. The van der Waals surface area contributed by atoms with Crippen LogP contribution in [-0.2, 0) is 17.1 Å². The first-order valence-corrected chi connectivity index (χ1v) is 10.8. The van der Waals surface area contributed by atoms with E-state index in [2.05, 4.69) is 42.2 Å². The lowest BCUT2D eigenvalue weighted by Crippen LogP contribution is -2.05. The number of hydrogen-bond acceptors (Lipinski definition) is 7. The summed E-state index contributed by atoms with van der Waals surface area (Å²) in [6.07, 6.45) is 3.50. The summed E-state index contributed by atoms with van der Waals surface area (Å²) in [7, 11) is 0. The summed E-state index contributed by atoms with van der Waals surface area (Å²) in [5.41, 5.74) is 3.03. The van der Waals surface area contributed by atoms with E-state index in [1.165, 1.54) is 23.8 Å². The molecule has 0 unspecified atom stereocenters. The maximum absolute atomic E-state index is 11.2. The van der Waals surface area contributed by atoms with Gasteiger partial charge in [-0.15, -0.1) is 21.5 Å². The highest BCUT2D eigenvalue weighted by Crippen LogP contribution is 2.28. The molecule has 0 aliphatic rings. The van der Waals surface area contributed by atoms with Gasteiger partial charge >= 0.3 is 0 Å². The van der Waals surface area contributed by atoms with Crippen LogP contribution in [0.5, 0.6) is 0 Å². The molecule has 0 atom stereocenters. The fourth-order valence-corrected chi connectivity index (χ4v) is 4.43. The Hall–Kier alpha value is -3.04. The van der Waals surface area contributed by atoms with Gasteiger partial charge in [-0.3, -0.25) is 14.3 Å². The van der Waals surface area contributed by atoms with E-state index in [0.717, 1.165) is 22.2 Å². The molecule has 146 valence electrons. The third-order valence-corrected chi connectivity index (χ3v) is 5.83. The van der Waals surface area contributed by atoms with Crippen molar-refractivity contribution in [1.29, 1.82) is 0 Å². The molecular formula is C20H18N6OS2. The van der Waals surface area contributed by atoms with Gasteiger partial charge in [0.05, 0.1) is 12.2 Å². The normalized spacial score (nSPS) is 10.8. The average Bonchev–Trinajstić information content (AvgIpc) is 3.34. The number of nitrogens with one attached hydrogen (secondary N) is 1. The first-order valence-electron chi connectivity index (χ1n) is 8.91. The summed E-state index contributed by atoms with van der Waals surface area (Å²) in [5.74, 6) is 1.32. The lowest BCUT2D eigenvalue weighted by molar-refractivity contribution is -0.114. The van der Waals surface area contributed by atoms with Gasteiger partial charge in [0.25, 0.3) is 0 Å². The molecule has 0 spiro atoms. The van der Waals surface area contributed by atoms with Crippen LogP contribution in [-0.4, -0.2) is 30.6 Å². The second kappa shape index (κ2) is 8.97. The highest BCUT2D eigenvalue weighted by atomic mass is 32.2. The first kappa shape index (κ1) is 19.3. The average molecular weight is 423 g/mol. The number of amides is 1. The third-order valence-electron chi connectivity index (χ3n) is 4.02. The Morgan fingerprint density at radius 2 is 1.93 bits per heavy atom. The Morgan fingerprint density at radius 1 is 1.14 bits per heavy atom. The zero-order valence-electron chi connectivity index (χ0n) is 15.6. The Kier molecular flexibility index (Phi) is 5.97. The van der Waals surface area contributed by atoms with Crippen LogP contribution in [0.25, 0.3) is 11.4 Å². The van der Waals surface area contributed by atoms with Crippen molar-refractivity contribution in [2.24, 2.45) is 0 Å². The van der Waals surface area contributed by atoms with E-state index < -0.39 is 0 Å². The third kappa shape index (κ3) is 4.87. The van der Waals surface area contributed by atoms with Gasteiger partial charge in [0.15, 0.2) is 16.1 Å². The number of benzene rings is 1. The van der Waals surface area contributed by atoms with Crippen molar-refractivity contribution >= 4 is 34.1 Å². The molecule has 1 N–H and O–H groups in total. The molecule has 0 saturated heterocycles.